The number of guanidine groups is 1. The minimum absolute atomic E-state index is 0.0741. The lowest BCUT2D eigenvalue weighted by Crippen LogP contribution is -2.55. The summed E-state index contributed by atoms with van der Waals surface area (Å²) in [5, 5.41) is 34.5. The highest BCUT2D eigenvalue weighted by Gasteiger charge is 2.48. The van der Waals surface area contributed by atoms with Crippen molar-refractivity contribution in [1.82, 2.24) is 16.0 Å². The van der Waals surface area contributed by atoms with Gasteiger partial charge in [-0.15, -0.1) is 0 Å². The van der Waals surface area contributed by atoms with Gasteiger partial charge in [0.2, 0.25) is 11.8 Å². The molecule has 1 fully saturated rings. The molecule has 0 saturated heterocycles. The van der Waals surface area contributed by atoms with Gasteiger partial charge in [-0.1, -0.05) is 61.4 Å². The summed E-state index contributed by atoms with van der Waals surface area (Å²) in [6, 6.07) is 16.9. The molecule has 2 aromatic carbocycles. The Kier molecular flexibility index (Phi) is 12.4. The third-order valence-corrected chi connectivity index (χ3v) is 7.21. The summed E-state index contributed by atoms with van der Waals surface area (Å²) >= 11 is 0. The van der Waals surface area contributed by atoms with Crippen LogP contribution in [0, 0.1) is 10.8 Å². The van der Waals surface area contributed by atoms with Gasteiger partial charge in [0, 0.05) is 13.1 Å². The molecule has 0 aromatic heterocycles. The van der Waals surface area contributed by atoms with Gasteiger partial charge in [0.15, 0.2) is 5.96 Å². The highest BCUT2D eigenvalue weighted by atomic mass is 32.2. The van der Waals surface area contributed by atoms with Gasteiger partial charge in [-0.05, 0) is 43.4 Å². The topological polar surface area (TPSA) is 215 Å². The zero-order chi connectivity index (χ0) is 28.9. The summed E-state index contributed by atoms with van der Waals surface area (Å²) in [7, 11) is -5.75. The molecule has 0 heterocycles. The first kappa shape index (κ1) is 31.8. The molecule has 12 nitrogen and oxygen atoms in total. The van der Waals surface area contributed by atoms with E-state index in [4.69, 9.17) is 15.7 Å². The molecule has 0 unspecified atom stereocenters. The highest BCUT2D eigenvalue weighted by Crippen LogP contribution is 2.39. The molecule has 1 atom stereocenters. The molecule has 39 heavy (non-hydrogen) atoms. The Morgan fingerprint density at radius 2 is 1.54 bits per heavy atom. The molecule has 0 spiro atoms. The van der Waals surface area contributed by atoms with E-state index >= 15 is 0 Å². The third kappa shape index (κ3) is 10.3. The van der Waals surface area contributed by atoms with Crippen LogP contribution in [-0.4, -0.2) is 60.4 Å². The fourth-order valence-electron chi connectivity index (χ4n) is 4.22. The van der Waals surface area contributed by atoms with E-state index in [2.05, 4.69) is 16.0 Å². The number of nitrogens with one attached hydrogen (secondary N) is 4. The van der Waals surface area contributed by atoms with Crippen LogP contribution >= 0.6 is 0 Å². The summed E-state index contributed by atoms with van der Waals surface area (Å²) in [6.07, 6.45) is 3.13. The second-order valence-electron chi connectivity index (χ2n) is 9.22. The molecule has 212 valence electrons. The van der Waals surface area contributed by atoms with Crippen LogP contribution in [0.2, 0.25) is 0 Å². The molecule has 1 aliphatic carbocycles. The van der Waals surface area contributed by atoms with E-state index in [0.717, 1.165) is 18.4 Å². The summed E-state index contributed by atoms with van der Waals surface area (Å²) in [4.78, 5) is 25.9. The lowest BCUT2D eigenvalue weighted by atomic mass is 9.75. The molecule has 0 bridgehead atoms. The number of amides is 2. The van der Waals surface area contributed by atoms with Gasteiger partial charge in [0.25, 0.3) is 10.1 Å². The van der Waals surface area contributed by atoms with Crippen molar-refractivity contribution in [2.75, 3.05) is 6.54 Å². The molecular formula is C25H36BN5O7S. The van der Waals surface area contributed by atoms with Crippen LogP contribution in [0.15, 0.2) is 65.6 Å². The molecule has 9 N–H and O–H groups in total. The fraction of sp³-hybridized carbons (Fsp3) is 0.400. The number of hydrogen-bond acceptors (Lipinski definition) is 7. The van der Waals surface area contributed by atoms with Crippen LogP contribution < -0.4 is 21.7 Å². The van der Waals surface area contributed by atoms with E-state index in [0.29, 0.717) is 32.4 Å². The summed E-state index contributed by atoms with van der Waals surface area (Å²) in [5.74, 6) is -1.88. The van der Waals surface area contributed by atoms with Gasteiger partial charge in [-0.2, -0.15) is 8.42 Å². The molecule has 0 radical (unpaired) electrons. The van der Waals surface area contributed by atoms with E-state index in [1.165, 1.54) is 12.1 Å². The maximum atomic E-state index is 13.0. The van der Waals surface area contributed by atoms with Crippen molar-refractivity contribution < 1.29 is 32.6 Å². The number of carbonyl (C=O) groups is 2. The Balaban J connectivity index is 0.000000446. The minimum Gasteiger partial charge on any atom is -0.426 e. The van der Waals surface area contributed by atoms with E-state index in [-0.39, 0.29) is 23.2 Å². The number of nitrogens with two attached hydrogens (primary N) is 1. The number of hydrogen-bond donors (Lipinski definition) is 8. The molecule has 1 aliphatic rings. The van der Waals surface area contributed by atoms with E-state index in [9.17, 15) is 28.1 Å². The van der Waals surface area contributed by atoms with Crippen molar-refractivity contribution >= 4 is 35.0 Å². The van der Waals surface area contributed by atoms with Crippen LogP contribution in [-0.2, 0) is 26.3 Å². The van der Waals surface area contributed by atoms with E-state index in [1.807, 2.05) is 30.3 Å². The largest absolute Gasteiger partial charge is 0.475 e. The maximum Gasteiger partial charge on any atom is 0.475 e. The monoisotopic (exact) mass is 561 g/mol. The van der Waals surface area contributed by atoms with Crippen LogP contribution in [0.4, 0.5) is 0 Å². The second-order valence-corrected chi connectivity index (χ2v) is 10.6. The molecule has 2 aromatic rings. The first-order valence-electron chi connectivity index (χ1n) is 12.6. The van der Waals surface area contributed by atoms with Crippen LogP contribution in [0.3, 0.4) is 0 Å². The van der Waals surface area contributed by atoms with Gasteiger partial charge < -0.3 is 31.7 Å². The quantitative estimate of drug-likeness (QED) is 0.0480. The van der Waals surface area contributed by atoms with Gasteiger partial charge in [-0.25, -0.2) is 0 Å². The molecule has 3 rings (SSSR count). The zero-order valence-corrected chi connectivity index (χ0v) is 22.4. The lowest BCUT2D eigenvalue weighted by Gasteiger charge is -2.29. The van der Waals surface area contributed by atoms with Gasteiger partial charge in [0.05, 0.1) is 10.8 Å². The predicted octanol–water partition coefficient (Wildman–Crippen LogP) is 0.557. The number of carbonyl (C=O) groups excluding carboxylic acids is 2. The van der Waals surface area contributed by atoms with Crippen molar-refractivity contribution in [3.05, 3.63) is 66.2 Å². The van der Waals surface area contributed by atoms with E-state index in [1.54, 1.807) is 18.2 Å². The number of benzene rings is 2. The summed E-state index contributed by atoms with van der Waals surface area (Å²) < 4.78 is 29.2. The smallest absolute Gasteiger partial charge is 0.426 e. The zero-order valence-electron chi connectivity index (χ0n) is 21.5. The van der Waals surface area contributed by atoms with E-state index < -0.39 is 34.5 Å². The van der Waals surface area contributed by atoms with Gasteiger partial charge in [-0.3, -0.25) is 19.6 Å². The van der Waals surface area contributed by atoms with Crippen molar-refractivity contribution in [3.8, 4) is 0 Å². The first-order chi connectivity index (χ1) is 18.5. The fourth-order valence-corrected chi connectivity index (χ4v) is 4.72. The minimum atomic E-state index is -4.00. The van der Waals surface area contributed by atoms with Crippen molar-refractivity contribution in [2.45, 2.75) is 55.9 Å². The Morgan fingerprint density at radius 1 is 0.974 bits per heavy atom. The molecule has 14 heteroatoms. The van der Waals surface area contributed by atoms with Crippen LogP contribution in [0.5, 0.6) is 0 Å². The molecule has 0 aliphatic heterocycles. The molecule has 1 saturated carbocycles. The Hall–Kier alpha value is -3.46. The molecular weight excluding hydrogens is 525 g/mol. The molecule has 2 amide bonds. The van der Waals surface area contributed by atoms with Crippen molar-refractivity contribution in [3.63, 3.8) is 0 Å². The van der Waals surface area contributed by atoms with Crippen molar-refractivity contribution in [1.29, 1.82) is 5.41 Å². The summed E-state index contributed by atoms with van der Waals surface area (Å²) in [5.41, 5.74) is 4.96. The maximum absolute atomic E-state index is 13.0. The average molecular weight is 561 g/mol. The standard InChI is InChI=1S/C19H30BN5O4.C6H6O3S/c21-18(22)23-12-6-9-15(20(28)29)25-17(27)19(10-4-5-11-19)16(26)24-13-14-7-2-1-3-8-14;7-10(8,9)6-4-2-1-3-5-6/h1-3,7-8,15,28-29H,4-6,9-13H2,(H,24,26)(H,25,27)(H4,21,22,23);1-5H,(H,7,8,9)/t15-;/m0./s1. The lowest BCUT2D eigenvalue weighted by molar-refractivity contribution is -0.143. The predicted molar refractivity (Wildman–Crippen MR) is 147 cm³/mol. The van der Waals surface area contributed by atoms with Gasteiger partial charge >= 0.3 is 7.12 Å². The average Bonchev–Trinajstić information content (AvgIpc) is 3.41. The normalized spacial score (nSPS) is 14.7. The summed E-state index contributed by atoms with van der Waals surface area (Å²) in [6.45, 7) is 0.703. The number of rotatable bonds is 11. The van der Waals surface area contributed by atoms with Gasteiger partial charge in [0.1, 0.15) is 5.41 Å². The third-order valence-electron chi connectivity index (χ3n) is 6.35. The highest BCUT2D eigenvalue weighted by molar-refractivity contribution is 7.85. The van der Waals surface area contributed by atoms with Crippen LogP contribution in [0.1, 0.15) is 44.1 Å². The second kappa shape index (κ2) is 15.2. The Labute approximate surface area is 228 Å². The van der Waals surface area contributed by atoms with Crippen LogP contribution in [0.25, 0.3) is 0 Å². The van der Waals surface area contributed by atoms with Crippen molar-refractivity contribution in [2.24, 2.45) is 11.1 Å². The Morgan fingerprint density at radius 3 is 2.03 bits per heavy atom. The first-order valence-corrected chi connectivity index (χ1v) is 14.0. The Bertz CT molecular complexity index is 1180. The SMILES string of the molecule is N=C(N)NCCC[C@H](NC(=O)C1(C(=O)NCc2ccccc2)CCCC1)B(O)O.O=S(=O)(O)c1ccccc1.